The van der Waals surface area contributed by atoms with Crippen LogP contribution in [0, 0.1) is 0 Å². The van der Waals surface area contributed by atoms with Crippen molar-refractivity contribution in [3.8, 4) is 11.1 Å². The zero-order chi connectivity index (χ0) is 14.3. The molecule has 20 heavy (non-hydrogen) atoms. The minimum atomic E-state index is -0.967. The van der Waals surface area contributed by atoms with Crippen LogP contribution in [0.1, 0.15) is 34.5 Å². The predicted octanol–water partition coefficient (Wildman–Crippen LogP) is 2.59. The molecule has 3 rings (SSSR count). The fraction of sp³-hybridized carbons (Fsp3) is 0.125. The van der Waals surface area contributed by atoms with E-state index in [0.717, 1.165) is 22.3 Å². The molecule has 4 heteroatoms. The molecule has 0 spiro atoms. The van der Waals surface area contributed by atoms with E-state index in [9.17, 15) is 9.59 Å². The third-order valence-electron chi connectivity index (χ3n) is 3.52. The smallest absolute Gasteiger partial charge is 0.335 e. The van der Waals surface area contributed by atoms with Gasteiger partial charge in [0.25, 0.3) is 0 Å². The fourth-order valence-electron chi connectivity index (χ4n) is 2.70. The molecule has 0 aromatic heterocycles. The van der Waals surface area contributed by atoms with Crippen molar-refractivity contribution in [3.05, 3.63) is 59.2 Å². The van der Waals surface area contributed by atoms with Gasteiger partial charge in [0.05, 0.1) is 11.6 Å². The summed E-state index contributed by atoms with van der Waals surface area (Å²) >= 11 is 0. The van der Waals surface area contributed by atoms with Gasteiger partial charge in [-0.05, 0) is 34.4 Å². The van der Waals surface area contributed by atoms with Gasteiger partial charge in [-0.2, -0.15) is 0 Å². The molecule has 2 N–H and O–H groups in total. The second-order valence-electron chi connectivity index (χ2n) is 4.83. The molecule has 100 valence electrons. The summed E-state index contributed by atoms with van der Waals surface area (Å²) in [6, 6.07) is 12.5. The van der Waals surface area contributed by atoms with Gasteiger partial charge in [-0.15, -0.1) is 0 Å². The first-order valence-corrected chi connectivity index (χ1v) is 6.31. The molecule has 2 aromatic rings. The monoisotopic (exact) mass is 267 g/mol. The normalized spacial score (nSPS) is 15.3. The number of benzene rings is 2. The highest BCUT2D eigenvalue weighted by Gasteiger charge is 2.29. The summed E-state index contributed by atoms with van der Waals surface area (Å²) in [7, 11) is 0. The summed E-state index contributed by atoms with van der Waals surface area (Å²) in [6.07, 6.45) is 0. The maximum atomic E-state index is 11.4. The van der Waals surface area contributed by atoms with Gasteiger partial charge in [-0.1, -0.05) is 30.3 Å². The number of hydrogen-bond donors (Lipinski definition) is 2. The molecule has 0 saturated carbocycles. The minimum absolute atomic E-state index is 0.140. The highest BCUT2D eigenvalue weighted by molar-refractivity contribution is 5.91. The van der Waals surface area contributed by atoms with E-state index in [1.165, 1.54) is 6.92 Å². The first-order valence-electron chi connectivity index (χ1n) is 6.31. The molecule has 4 nitrogen and oxygen atoms in total. The lowest BCUT2D eigenvalue weighted by atomic mass is 10.0. The number of carboxylic acids is 1. The van der Waals surface area contributed by atoms with Gasteiger partial charge in [0.2, 0.25) is 5.91 Å². The SMILES string of the molecule is CC(=O)NC1c2ccccc2-c2ccc(C(=O)O)cc21. The first kappa shape index (κ1) is 12.4. The van der Waals surface area contributed by atoms with E-state index in [0.29, 0.717) is 0 Å². The van der Waals surface area contributed by atoms with E-state index in [1.54, 1.807) is 18.2 Å². The number of fused-ring (bicyclic) bond motifs is 3. The van der Waals surface area contributed by atoms with Crippen LogP contribution in [0.15, 0.2) is 42.5 Å². The number of hydrogen-bond acceptors (Lipinski definition) is 2. The Kier molecular flexibility index (Phi) is 2.79. The third-order valence-corrected chi connectivity index (χ3v) is 3.52. The van der Waals surface area contributed by atoms with E-state index >= 15 is 0 Å². The average molecular weight is 267 g/mol. The second-order valence-corrected chi connectivity index (χ2v) is 4.83. The number of carbonyl (C=O) groups excluding carboxylic acids is 1. The highest BCUT2D eigenvalue weighted by Crippen LogP contribution is 2.43. The summed E-state index contributed by atoms with van der Waals surface area (Å²) < 4.78 is 0. The number of carbonyl (C=O) groups is 2. The van der Waals surface area contributed by atoms with Crippen LogP contribution in [0.25, 0.3) is 11.1 Å². The number of nitrogens with one attached hydrogen (secondary N) is 1. The van der Waals surface area contributed by atoms with Crippen molar-refractivity contribution in [3.63, 3.8) is 0 Å². The highest BCUT2D eigenvalue weighted by atomic mass is 16.4. The summed E-state index contributed by atoms with van der Waals surface area (Å²) in [5, 5.41) is 12.0. The van der Waals surface area contributed by atoms with E-state index in [4.69, 9.17) is 5.11 Å². The maximum absolute atomic E-state index is 11.4. The first-order chi connectivity index (χ1) is 9.58. The zero-order valence-electron chi connectivity index (χ0n) is 10.9. The van der Waals surface area contributed by atoms with Crippen molar-refractivity contribution >= 4 is 11.9 Å². The summed E-state index contributed by atoms with van der Waals surface area (Å²) in [5.41, 5.74) is 4.08. The van der Waals surface area contributed by atoms with Crippen molar-refractivity contribution < 1.29 is 14.7 Å². The van der Waals surface area contributed by atoms with Crippen LogP contribution >= 0.6 is 0 Å². The van der Waals surface area contributed by atoms with Crippen molar-refractivity contribution in [1.29, 1.82) is 0 Å². The standard InChI is InChI=1S/C16H13NO3/c1-9(18)17-15-13-5-3-2-4-11(13)12-7-6-10(16(19)20)8-14(12)15/h2-8,15H,1H3,(H,17,18)(H,19,20). The van der Waals surface area contributed by atoms with Crippen LogP contribution in [0.4, 0.5) is 0 Å². The molecule has 1 aliphatic carbocycles. The minimum Gasteiger partial charge on any atom is -0.478 e. The quantitative estimate of drug-likeness (QED) is 0.878. The Balaban J connectivity index is 2.19. The molecule has 0 aliphatic heterocycles. The van der Waals surface area contributed by atoms with Crippen LogP contribution < -0.4 is 5.32 Å². The van der Waals surface area contributed by atoms with E-state index < -0.39 is 5.97 Å². The van der Waals surface area contributed by atoms with Crippen molar-refractivity contribution in [2.75, 3.05) is 0 Å². The van der Waals surface area contributed by atoms with Crippen molar-refractivity contribution in [2.24, 2.45) is 0 Å². The van der Waals surface area contributed by atoms with Gasteiger partial charge in [0, 0.05) is 6.92 Å². The van der Waals surface area contributed by atoms with E-state index in [1.807, 2.05) is 24.3 Å². The largest absolute Gasteiger partial charge is 0.478 e. The molecule has 0 bridgehead atoms. The molecule has 0 saturated heterocycles. The van der Waals surface area contributed by atoms with Crippen LogP contribution in [0.2, 0.25) is 0 Å². The summed E-state index contributed by atoms with van der Waals surface area (Å²) in [6.45, 7) is 1.46. The number of carboxylic acid groups (broad SMARTS) is 1. The topological polar surface area (TPSA) is 66.4 Å². The summed E-state index contributed by atoms with van der Waals surface area (Å²) in [5.74, 6) is -1.11. The Morgan fingerprint density at radius 1 is 1.05 bits per heavy atom. The Bertz CT molecular complexity index is 721. The number of aromatic carboxylic acids is 1. The lowest BCUT2D eigenvalue weighted by Gasteiger charge is -2.14. The molecular formula is C16H13NO3. The second kappa shape index (κ2) is 4.49. The molecular weight excluding hydrogens is 254 g/mol. The lowest BCUT2D eigenvalue weighted by molar-refractivity contribution is -0.119. The van der Waals surface area contributed by atoms with Gasteiger partial charge in [0.15, 0.2) is 0 Å². The predicted molar refractivity (Wildman–Crippen MR) is 74.5 cm³/mol. The maximum Gasteiger partial charge on any atom is 0.335 e. The Morgan fingerprint density at radius 2 is 1.75 bits per heavy atom. The molecule has 0 fully saturated rings. The van der Waals surface area contributed by atoms with E-state index in [2.05, 4.69) is 5.32 Å². The summed E-state index contributed by atoms with van der Waals surface area (Å²) in [4.78, 5) is 22.5. The third kappa shape index (κ3) is 1.86. The molecule has 1 unspecified atom stereocenters. The van der Waals surface area contributed by atoms with Crippen LogP contribution in [0.3, 0.4) is 0 Å². The lowest BCUT2D eigenvalue weighted by Crippen LogP contribution is -2.25. The van der Waals surface area contributed by atoms with Crippen molar-refractivity contribution in [1.82, 2.24) is 5.32 Å². The van der Waals surface area contributed by atoms with Gasteiger partial charge >= 0.3 is 5.97 Å². The van der Waals surface area contributed by atoms with Gasteiger partial charge in [-0.3, -0.25) is 4.79 Å². The van der Waals surface area contributed by atoms with Gasteiger partial charge < -0.3 is 10.4 Å². The molecule has 1 aliphatic rings. The van der Waals surface area contributed by atoms with E-state index in [-0.39, 0.29) is 17.5 Å². The van der Waals surface area contributed by atoms with Crippen molar-refractivity contribution in [2.45, 2.75) is 13.0 Å². The zero-order valence-corrected chi connectivity index (χ0v) is 10.9. The Morgan fingerprint density at radius 3 is 2.45 bits per heavy atom. The average Bonchev–Trinajstić information content (AvgIpc) is 2.73. The number of amides is 1. The molecule has 1 atom stereocenters. The molecule has 2 aromatic carbocycles. The van der Waals surface area contributed by atoms with Crippen LogP contribution in [0.5, 0.6) is 0 Å². The molecule has 1 amide bonds. The number of rotatable bonds is 2. The van der Waals surface area contributed by atoms with Crippen LogP contribution in [-0.4, -0.2) is 17.0 Å². The Labute approximate surface area is 116 Å². The van der Waals surface area contributed by atoms with Gasteiger partial charge in [0.1, 0.15) is 0 Å². The molecule has 0 heterocycles. The van der Waals surface area contributed by atoms with Gasteiger partial charge in [-0.25, -0.2) is 4.79 Å². The fourth-order valence-corrected chi connectivity index (χ4v) is 2.70. The Hall–Kier alpha value is -2.62. The van der Waals surface area contributed by atoms with Crippen LogP contribution in [-0.2, 0) is 4.79 Å². The molecule has 0 radical (unpaired) electrons.